The highest BCUT2D eigenvalue weighted by atomic mass is 35.5. The van der Waals surface area contributed by atoms with Gasteiger partial charge in [0.2, 0.25) is 0 Å². The molecular formula is C17H23ClN2. The lowest BCUT2D eigenvalue weighted by molar-refractivity contribution is 0.260. The van der Waals surface area contributed by atoms with Crippen LogP contribution in [0.3, 0.4) is 0 Å². The van der Waals surface area contributed by atoms with E-state index >= 15 is 0 Å². The zero-order chi connectivity index (χ0) is 14.6. The molecular weight excluding hydrogens is 268 g/mol. The van der Waals surface area contributed by atoms with Gasteiger partial charge in [0, 0.05) is 30.0 Å². The molecule has 2 aromatic rings. The van der Waals surface area contributed by atoms with Crippen LogP contribution < -0.4 is 5.32 Å². The number of pyridine rings is 1. The molecule has 0 fully saturated rings. The van der Waals surface area contributed by atoms with Gasteiger partial charge in [0.1, 0.15) is 0 Å². The molecule has 0 radical (unpaired) electrons. The van der Waals surface area contributed by atoms with E-state index in [1.165, 1.54) is 10.9 Å². The standard InChI is InChI=1S/C17H23ClN2/c1-17(2,3)16(8-9-18)20-12-13-6-7-15-14(11-13)5-4-10-19-15/h4-7,10-11,16,20H,8-9,12H2,1-3H3. The Morgan fingerprint density at radius 2 is 2.05 bits per heavy atom. The summed E-state index contributed by atoms with van der Waals surface area (Å²) in [7, 11) is 0. The molecule has 0 aliphatic carbocycles. The monoisotopic (exact) mass is 290 g/mol. The fourth-order valence-electron chi connectivity index (χ4n) is 2.43. The Bertz CT molecular complexity index is 560. The van der Waals surface area contributed by atoms with Crippen LogP contribution >= 0.6 is 11.6 Å². The predicted molar refractivity (Wildman–Crippen MR) is 87.2 cm³/mol. The third-order valence-electron chi connectivity index (χ3n) is 3.66. The highest BCUT2D eigenvalue weighted by Gasteiger charge is 2.23. The number of nitrogens with zero attached hydrogens (tertiary/aromatic N) is 1. The van der Waals surface area contributed by atoms with Crippen LogP contribution in [0.4, 0.5) is 0 Å². The Morgan fingerprint density at radius 3 is 2.75 bits per heavy atom. The van der Waals surface area contributed by atoms with Crippen molar-refractivity contribution in [3.05, 3.63) is 42.1 Å². The summed E-state index contributed by atoms with van der Waals surface area (Å²) in [5.41, 5.74) is 2.55. The first kappa shape index (κ1) is 15.3. The van der Waals surface area contributed by atoms with Gasteiger partial charge in [-0.2, -0.15) is 0 Å². The molecule has 0 bridgehead atoms. The molecule has 1 aromatic carbocycles. The zero-order valence-electron chi connectivity index (χ0n) is 12.5. The molecule has 1 aromatic heterocycles. The van der Waals surface area contributed by atoms with Crippen molar-refractivity contribution in [1.82, 2.24) is 10.3 Å². The lowest BCUT2D eigenvalue weighted by atomic mass is 9.85. The summed E-state index contributed by atoms with van der Waals surface area (Å²) in [5, 5.41) is 4.83. The second kappa shape index (κ2) is 6.55. The van der Waals surface area contributed by atoms with E-state index in [0.717, 1.165) is 18.5 Å². The van der Waals surface area contributed by atoms with Gasteiger partial charge in [-0.15, -0.1) is 11.6 Å². The van der Waals surface area contributed by atoms with Gasteiger partial charge in [-0.3, -0.25) is 4.98 Å². The van der Waals surface area contributed by atoms with Gasteiger partial charge in [0.05, 0.1) is 5.52 Å². The van der Waals surface area contributed by atoms with Crippen LogP contribution in [-0.4, -0.2) is 16.9 Å². The van der Waals surface area contributed by atoms with E-state index in [2.05, 4.69) is 55.3 Å². The number of benzene rings is 1. The lowest BCUT2D eigenvalue weighted by Gasteiger charge is -2.31. The molecule has 1 atom stereocenters. The predicted octanol–water partition coefficient (Wildman–Crippen LogP) is 4.37. The molecule has 2 nitrogen and oxygen atoms in total. The van der Waals surface area contributed by atoms with E-state index in [9.17, 15) is 0 Å². The highest BCUT2D eigenvalue weighted by molar-refractivity contribution is 6.17. The topological polar surface area (TPSA) is 24.9 Å². The van der Waals surface area contributed by atoms with Crippen molar-refractivity contribution in [2.45, 2.75) is 39.8 Å². The molecule has 0 saturated heterocycles. The van der Waals surface area contributed by atoms with Crippen LogP contribution in [0, 0.1) is 5.41 Å². The molecule has 1 heterocycles. The van der Waals surface area contributed by atoms with Gasteiger partial charge in [-0.25, -0.2) is 0 Å². The van der Waals surface area contributed by atoms with Gasteiger partial charge in [0.15, 0.2) is 0 Å². The smallest absolute Gasteiger partial charge is 0.0702 e. The summed E-state index contributed by atoms with van der Waals surface area (Å²) in [4.78, 5) is 4.35. The van der Waals surface area contributed by atoms with Gasteiger partial charge >= 0.3 is 0 Å². The number of hydrogen-bond donors (Lipinski definition) is 1. The van der Waals surface area contributed by atoms with Crippen LogP contribution in [-0.2, 0) is 6.54 Å². The Hall–Kier alpha value is -1.12. The van der Waals surface area contributed by atoms with Crippen molar-refractivity contribution >= 4 is 22.5 Å². The first-order chi connectivity index (χ1) is 9.50. The van der Waals surface area contributed by atoms with Crippen molar-refractivity contribution < 1.29 is 0 Å². The molecule has 108 valence electrons. The zero-order valence-corrected chi connectivity index (χ0v) is 13.2. The normalized spacial score (nSPS) is 13.6. The maximum atomic E-state index is 5.91. The molecule has 1 unspecified atom stereocenters. The highest BCUT2D eigenvalue weighted by Crippen LogP contribution is 2.23. The third-order valence-corrected chi connectivity index (χ3v) is 3.88. The number of aromatic nitrogens is 1. The molecule has 0 amide bonds. The van der Waals surface area contributed by atoms with Crippen molar-refractivity contribution in [2.24, 2.45) is 5.41 Å². The molecule has 0 aliphatic heterocycles. The Kier molecular flexibility index (Phi) is 5.00. The largest absolute Gasteiger partial charge is 0.309 e. The average molecular weight is 291 g/mol. The third kappa shape index (κ3) is 3.94. The summed E-state index contributed by atoms with van der Waals surface area (Å²) in [6.07, 6.45) is 2.82. The molecule has 3 heteroatoms. The minimum Gasteiger partial charge on any atom is -0.309 e. The van der Waals surface area contributed by atoms with Crippen molar-refractivity contribution in [3.63, 3.8) is 0 Å². The van der Waals surface area contributed by atoms with E-state index in [4.69, 9.17) is 11.6 Å². The molecule has 0 spiro atoms. The second-order valence-corrected chi connectivity index (χ2v) is 6.69. The minimum absolute atomic E-state index is 0.216. The second-order valence-electron chi connectivity index (χ2n) is 6.31. The quantitative estimate of drug-likeness (QED) is 0.827. The first-order valence-corrected chi connectivity index (χ1v) is 7.67. The number of halogens is 1. The van der Waals surface area contributed by atoms with Crippen molar-refractivity contribution in [1.29, 1.82) is 0 Å². The van der Waals surface area contributed by atoms with Crippen LogP contribution in [0.2, 0.25) is 0 Å². The minimum atomic E-state index is 0.216. The molecule has 1 N–H and O–H groups in total. The summed E-state index contributed by atoms with van der Waals surface area (Å²) in [6.45, 7) is 7.62. The molecule has 2 rings (SSSR count). The van der Waals surface area contributed by atoms with E-state index < -0.39 is 0 Å². The summed E-state index contributed by atoms with van der Waals surface area (Å²) < 4.78 is 0. The number of alkyl halides is 1. The van der Waals surface area contributed by atoms with Crippen molar-refractivity contribution in [3.8, 4) is 0 Å². The maximum Gasteiger partial charge on any atom is 0.0702 e. The van der Waals surface area contributed by atoms with Gasteiger partial charge in [0.25, 0.3) is 0 Å². The SMILES string of the molecule is CC(C)(C)C(CCCl)NCc1ccc2ncccc2c1. The fraction of sp³-hybridized carbons (Fsp3) is 0.471. The Morgan fingerprint density at radius 1 is 1.25 bits per heavy atom. The molecule has 0 saturated carbocycles. The first-order valence-electron chi connectivity index (χ1n) is 7.14. The van der Waals surface area contributed by atoms with E-state index in [1.807, 2.05) is 12.3 Å². The summed E-state index contributed by atoms with van der Waals surface area (Å²) in [5.74, 6) is 0.691. The lowest BCUT2D eigenvalue weighted by Crippen LogP contribution is -2.40. The number of hydrogen-bond acceptors (Lipinski definition) is 2. The summed E-state index contributed by atoms with van der Waals surface area (Å²) >= 11 is 5.91. The number of fused-ring (bicyclic) bond motifs is 1. The molecule has 0 aliphatic rings. The van der Waals surface area contributed by atoms with E-state index in [0.29, 0.717) is 11.9 Å². The summed E-state index contributed by atoms with van der Waals surface area (Å²) in [6, 6.07) is 10.9. The van der Waals surface area contributed by atoms with Crippen LogP contribution in [0.1, 0.15) is 32.8 Å². The van der Waals surface area contributed by atoms with Gasteiger partial charge < -0.3 is 5.32 Å². The Balaban J connectivity index is 2.07. The molecule has 20 heavy (non-hydrogen) atoms. The average Bonchev–Trinajstić information content (AvgIpc) is 2.42. The van der Waals surface area contributed by atoms with Crippen LogP contribution in [0.15, 0.2) is 36.5 Å². The fourth-order valence-corrected chi connectivity index (χ4v) is 2.64. The number of nitrogens with one attached hydrogen (secondary N) is 1. The van der Waals surface area contributed by atoms with Crippen LogP contribution in [0.5, 0.6) is 0 Å². The van der Waals surface area contributed by atoms with Gasteiger partial charge in [-0.1, -0.05) is 32.9 Å². The Labute approximate surface area is 126 Å². The number of rotatable bonds is 5. The van der Waals surface area contributed by atoms with E-state index in [-0.39, 0.29) is 5.41 Å². The van der Waals surface area contributed by atoms with Crippen LogP contribution in [0.25, 0.3) is 10.9 Å². The van der Waals surface area contributed by atoms with Crippen molar-refractivity contribution in [2.75, 3.05) is 5.88 Å². The van der Waals surface area contributed by atoms with E-state index in [1.54, 1.807) is 0 Å². The maximum absolute atomic E-state index is 5.91. The van der Waals surface area contributed by atoms with Gasteiger partial charge in [-0.05, 0) is 35.6 Å².